The molecule has 20 heavy (non-hydrogen) atoms. The molecule has 118 valence electrons. The summed E-state index contributed by atoms with van der Waals surface area (Å²) in [6, 6.07) is -0.650. The second-order valence-electron chi connectivity index (χ2n) is 4.99. The van der Waals surface area contributed by atoms with E-state index in [2.05, 4.69) is 5.32 Å². The van der Waals surface area contributed by atoms with Crippen LogP contribution < -0.4 is 11.1 Å². The van der Waals surface area contributed by atoms with E-state index >= 15 is 0 Å². The van der Waals surface area contributed by atoms with Crippen LogP contribution in [0.2, 0.25) is 0 Å². The van der Waals surface area contributed by atoms with Crippen LogP contribution in [0.5, 0.6) is 0 Å². The third-order valence-corrected chi connectivity index (χ3v) is 2.65. The lowest BCUT2D eigenvalue weighted by Gasteiger charge is -2.24. The second-order valence-corrected chi connectivity index (χ2v) is 4.99. The van der Waals surface area contributed by atoms with Crippen molar-refractivity contribution >= 4 is 18.5 Å². The highest BCUT2D eigenvalue weighted by atomic mass is 16.3. The van der Waals surface area contributed by atoms with E-state index in [1.807, 2.05) is 0 Å². The minimum absolute atomic E-state index is 0.194. The first-order chi connectivity index (χ1) is 9.33. The molecule has 0 aliphatic carbocycles. The number of carbonyl (C=O) groups is 3. The van der Waals surface area contributed by atoms with Crippen LogP contribution in [0.3, 0.4) is 0 Å². The van der Waals surface area contributed by atoms with Crippen LogP contribution in [-0.4, -0.2) is 54.5 Å². The molecular weight excluding hydrogens is 264 g/mol. The molecule has 0 aromatic carbocycles. The number of rotatable bonds is 9. The summed E-state index contributed by atoms with van der Waals surface area (Å²) in [5.74, 6) is -0.194. The molecule has 7 heteroatoms. The number of nitrogens with one attached hydrogen (secondary N) is 1. The van der Waals surface area contributed by atoms with Gasteiger partial charge in [-0.1, -0.05) is 13.8 Å². The maximum Gasteiger partial charge on any atom is 0.225 e. The molecule has 0 saturated heterocycles. The summed E-state index contributed by atoms with van der Waals surface area (Å²) in [5.41, 5.74) is 4.77. The van der Waals surface area contributed by atoms with Crippen molar-refractivity contribution in [3.8, 4) is 0 Å². The summed E-state index contributed by atoms with van der Waals surface area (Å²) >= 11 is 0. The maximum absolute atomic E-state index is 11.8. The van der Waals surface area contributed by atoms with Crippen molar-refractivity contribution in [1.82, 2.24) is 5.32 Å². The van der Waals surface area contributed by atoms with Gasteiger partial charge in [0.2, 0.25) is 5.91 Å². The van der Waals surface area contributed by atoms with Crippen molar-refractivity contribution in [2.75, 3.05) is 13.7 Å². The molecule has 0 bridgehead atoms. The maximum atomic E-state index is 11.8. The van der Waals surface area contributed by atoms with E-state index in [0.29, 0.717) is 32.0 Å². The van der Waals surface area contributed by atoms with Crippen LogP contribution in [0.25, 0.3) is 0 Å². The van der Waals surface area contributed by atoms with Gasteiger partial charge in [0.25, 0.3) is 0 Å². The summed E-state index contributed by atoms with van der Waals surface area (Å²) in [5, 5.41) is 18.7. The Morgan fingerprint density at radius 3 is 2.30 bits per heavy atom. The first-order valence-corrected chi connectivity index (χ1v) is 6.40. The standard InChI is InChI=1S/C12H22N2O4.CH4O/c1-12(2,6-9(13)7-15)11(18)14-5-3-4-10(17)8-16;1-2/h7-10,17H,3-6,13H2,1-2H3,(H,14,18);2H,1H3/t9-,10?;/m0./s1. The molecular formula is C13H26N2O5. The molecule has 0 spiro atoms. The van der Waals surface area contributed by atoms with E-state index in [-0.39, 0.29) is 12.3 Å². The predicted octanol–water partition coefficient (Wildman–Crippen LogP) is -1.01. The Bertz CT molecular complexity index is 294. The molecule has 0 saturated carbocycles. The second kappa shape index (κ2) is 11.5. The highest BCUT2D eigenvalue weighted by Gasteiger charge is 2.29. The Balaban J connectivity index is 0. The lowest BCUT2D eigenvalue weighted by atomic mass is 9.85. The number of nitrogens with two attached hydrogens (primary N) is 1. The number of amides is 1. The smallest absolute Gasteiger partial charge is 0.225 e. The zero-order valence-corrected chi connectivity index (χ0v) is 12.3. The fourth-order valence-electron chi connectivity index (χ4n) is 1.55. The van der Waals surface area contributed by atoms with Crippen molar-refractivity contribution in [1.29, 1.82) is 0 Å². The van der Waals surface area contributed by atoms with Crippen LogP contribution in [0, 0.1) is 5.41 Å². The Labute approximate surface area is 119 Å². The summed E-state index contributed by atoms with van der Waals surface area (Å²) in [6.07, 6.45) is 1.22. The van der Waals surface area contributed by atoms with Crippen molar-refractivity contribution in [3.05, 3.63) is 0 Å². The molecule has 0 radical (unpaired) electrons. The molecule has 0 aliphatic heterocycles. The number of carbonyl (C=O) groups excluding carboxylic acids is 3. The molecule has 1 amide bonds. The Hall–Kier alpha value is -1.31. The largest absolute Gasteiger partial charge is 0.400 e. The van der Waals surface area contributed by atoms with Crippen molar-refractivity contribution in [3.63, 3.8) is 0 Å². The van der Waals surface area contributed by atoms with E-state index < -0.39 is 17.6 Å². The quantitative estimate of drug-likeness (QED) is 0.318. The summed E-state index contributed by atoms with van der Waals surface area (Å²) in [4.78, 5) is 32.4. The molecule has 0 fully saturated rings. The molecule has 1 unspecified atom stereocenters. The van der Waals surface area contributed by atoms with Gasteiger partial charge in [-0.05, 0) is 19.3 Å². The minimum atomic E-state index is -0.974. The molecule has 0 heterocycles. The molecule has 0 rings (SSSR count). The van der Waals surface area contributed by atoms with Gasteiger partial charge in [-0.3, -0.25) is 4.79 Å². The number of aliphatic hydroxyl groups excluding tert-OH is 2. The normalized spacial score (nSPS) is 13.5. The van der Waals surface area contributed by atoms with Crippen LogP contribution in [-0.2, 0) is 14.4 Å². The molecule has 0 aliphatic rings. The summed E-state index contributed by atoms with van der Waals surface area (Å²) in [7, 11) is 1.00. The predicted molar refractivity (Wildman–Crippen MR) is 74.9 cm³/mol. The Kier molecular flexibility index (Phi) is 12.1. The van der Waals surface area contributed by atoms with E-state index in [1.165, 1.54) is 0 Å². The third-order valence-electron chi connectivity index (χ3n) is 2.65. The molecule has 5 N–H and O–H groups in total. The zero-order chi connectivity index (χ0) is 16.2. The third kappa shape index (κ3) is 9.60. The van der Waals surface area contributed by atoms with Gasteiger partial charge in [0.15, 0.2) is 0 Å². The van der Waals surface area contributed by atoms with Crippen LogP contribution in [0.4, 0.5) is 0 Å². The molecule has 7 nitrogen and oxygen atoms in total. The Morgan fingerprint density at radius 2 is 1.85 bits per heavy atom. The highest BCUT2D eigenvalue weighted by Crippen LogP contribution is 2.21. The van der Waals surface area contributed by atoms with Crippen molar-refractivity contribution in [2.45, 2.75) is 45.3 Å². The van der Waals surface area contributed by atoms with Crippen molar-refractivity contribution < 1.29 is 24.6 Å². The first-order valence-electron chi connectivity index (χ1n) is 6.40. The van der Waals surface area contributed by atoms with Gasteiger partial charge in [0.05, 0.1) is 6.04 Å². The number of aldehydes is 2. The Morgan fingerprint density at radius 1 is 1.30 bits per heavy atom. The van der Waals surface area contributed by atoms with Crippen LogP contribution in [0.15, 0.2) is 0 Å². The van der Waals surface area contributed by atoms with E-state index in [4.69, 9.17) is 15.9 Å². The van der Waals surface area contributed by atoms with Crippen LogP contribution in [0.1, 0.15) is 33.1 Å². The summed E-state index contributed by atoms with van der Waals surface area (Å²) < 4.78 is 0. The fraction of sp³-hybridized carbons (Fsp3) is 0.769. The SMILES string of the molecule is CC(C)(C[C@H](N)C=O)C(=O)NCCCC(O)C=O.CO. The van der Waals surface area contributed by atoms with Gasteiger partial charge < -0.3 is 30.9 Å². The average molecular weight is 290 g/mol. The zero-order valence-electron chi connectivity index (χ0n) is 12.3. The number of aliphatic hydroxyl groups is 2. The van der Waals surface area contributed by atoms with Gasteiger partial charge in [-0.25, -0.2) is 0 Å². The van der Waals surface area contributed by atoms with Gasteiger partial charge in [-0.15, -0.1) is 0 Å². The lowest BCUT2D eigenvalue weighted by molar-refractivity contribution is -0.130. The van der Waals surface area contributed by atoms with E-state index in [1.54, 1.807) is 13.8 Å². The van der Waals surface area contributed by atoms with Crippen LogP contribution >= 0.6 is 0 Å². The average Bonchev–Trinajstić information content (AvgIpc) is 2.44. The highest BCUT2D eigenvalue weighted by molar-refractivity contribution is 5.82. The lowest BCUT2D eigenvalue weighted by Crippen LogP contribution is -2.41. The van der Waals surface area contributed by atoms with Gasteiger partial charge in [0.1, 0.15) is 18.7 Å². The van der Waals surface area contributed by atoms with Gasteiger partial charge >= 0.3 is 0 Å². The monoisotopic (exact) mass is 290 g/mol. The van der Waals surface area contributed by atoms with Gasteiger partial charge in [-0.2, -0.15) is 0 Å². The fourth-order valence-corrected chi connectivity index (χ4v) is 1.55. The topological polar surface area (TPSA) is 130 Å². The first kappa shape index (κ1) is 21.0. The minimum Gasteiger partial charge on any atom is -0.400 e. The molecule has 2 atom stereocenters. The van der Waals surface area contributed by atoms with E-state index in [9.17, 15) is 14.4 Å². The summed E-state index contributed by atoms with van der Waals surface area (Å²) in [6.45, 7) is 3.81. The van der Waals surface area contributed by atoms with E-state index in [0.717, 1.165) is 7.11 Å². The molecule has 0 aromatic rings. The molecule has 0 aromatic heterocycles. The number of hydrogen-bond acceptors (Lipinski definition) is 6. The van der Waals surface area contributed by atoms with Gasteiger partial charge in [0, 0.05) is 19.1 Å². The van der Waals surface area contributed by atoms with Crippen molar-refractivity contribution in [2.24, 2.45) is 11.1 Å². The number of hydrogen-bond donors (Lipinski definition) is 4.